The van der Waals surface area contributed by atoms with E-state index in [1.165, 1.54) is 16.5 Å². The fourth-order valence-corrected chi connectivity index (χ4v) is 4.27. The van der Waals surface area contributed by atoms with Gasteiger partial charge in [0.1, 0.15) is 0 Å². The highest BCUT2D eigenvalue weighted by Crippen LogP contribution is 2.25. The minimum atomic E-state index is 0.665. The number of hydrogen-bond acceptors (Lipinski definition) is 1. The summed E-state index contributed by atoms with van der Waals surface area (Å²) in [6.45, 7) is 2.38. The molecule has 3 aromatic carbocycles. The van der Waals surface area contributed by atoms with Crippen LogP contribution in [-0.2, 0) is 19.5 Å². The van der Waals surface area contributed by atoms with Crippen molar-refractivity contribution in [2.45, 2.75) is 19.5 Å². The second-order valence-electron chi connectivity index (χ2n) is 7.05. The van der Waals surface area contributed by atoms with Gasteiger partial charge in [-0.1, -0.05) is 77.3 Å². The molecule has 0 fully saturated rings. The predicted octanol–water partition coefficient (Wildman–Crippen LogP) is 6.98. The predicted molar refractivity (Wildman–Crippen MR) is 124 cm³/mol. The minimum Gasteiger partial charge on any atom is -0.343 e. The van der Waals surface area contributed by atoms with Gasteiger partial charge in [0.15, 0.2) is 0 Å². The maximum Gasteiger partial charge on any atom is 0.0491 e. The molecule has 4 rings (SSSR count). The van der Waals surface area contributed by atoms with Crippen molar-refractivity contribution >= 4 is 45.7 Å². The number of halogens is 3. The summed E-state index contributed by atoms with van der Waals surface area (Å²) in [7, 11) is 0. The molecule has 148 valence electrons. The Kier molecular flexibility index (Phi) is 6.46. The molecule has 29 heavy (non-hydrogen) atoms. The van der Waals surface area contributed by atoms with Crippen LogP contribution in [0, 0.1) is 0 Å². The van der Waals surface area contributed by atoms with Gasteiger partial charge in [0, 0.05) is 45.3 Å². The first-order valence-corrected chi connectivity index (χ1v) is 10.7. The third kappa shape index (κ3) is 4.79. The van der Waals surface area contributed by atoms with Gasteiger partial charge in [-0.05, 0) is 53.9 Å². The Morgan fingerprint density at radius 3 is 2.38 bits per heavy atom. The molecule has 1 N–H and O–H groups in total. The minimum absolute atomic E-state index is 0.665. The Morgan fingerprint density at radius 1 is 0.759 bits per heavy atom. The van der Waals surface area contributed by atoms with E-state index in [0.29, 0.717) is 5.02 Å². The monoisotopic (exact) mass is 442 g/mol. The van der Waals surface area contributed by atoms with Gasteiger partial charge in [-0.2, -0.15) is 0 Å². The van der Waals surface area contributed by atoms with E-state index in [0.717, 1.165) is 47.2 Å². The highest BCUT2D eigenvalue weighted by atomic mass is 35.5. The molecule has 1 heterocycles. The van der Waals surface area contributed by atoms with Gasteiger partial charge < -0.3 is 9.88 Å². The molecular weight excluding hydrogens is 423 g/mol. The van der Waals surface area contributed by atoms with Gasteiger partial charge in [0.05, 0.1) is 0 Å². The summed E-state index contributed by atoms with van der Waals surface area (Å²) >= 11 is 18.6. The normalized spacial score (nSPS) is 11.3. The van der Waals surface area contributed by atoms with Gasteiger partial charge in [-0.15, -0.1) is 0 Å². The number of nitrogens with zero attached hydrogens (tertiary/aromatic N) is 1. The van der Waals surface area contributed by atoms with Gasteiger partial charge >= 0.3 is 0 Å². The Labute approximate surface area is 186 Å². The first kappa shape index (κ1) is 20.3. The van der Waals surface area contributed by atoms with E-state index in [2.05, 4.69) is 46.4 Å². The first-order valence-electron chi connectivity index (χ1n) is 9.56. The van der Waals surface area contributed by atoms with Crippen LogP contribution in [0.15, 0.2) is 72.9 Å². The molecule has 0 aliphatic carbocycles. The number of benzene rings is 3. The molecule has 0 radical (unpaired) electrons. The molecule has 0 unspecified atom stereocenters. The van der Waals surface area contributed by atoms with E-state index >= 15 is 0 Å². The van der Waals surface area contributed by atoms with Gasteiger partial charge in [-0.3, -0.25) is 0 Å². The van der Waals surface area contributed by atoms with Crippen molar-refractivity contribution in [3.05, 3.63) is 105 Å². The van der Waals surface area contributed by atoms with Crippen LogP contribution in [0.5, 0.6) is 0 Å². The summed E-state index contributed by atoms with van der Waals surface area (Å²) < 4.78 is 2.27. The first-order chi connectivity index (χ1) is 14.1. The molecule has 0 amide bonds. The van der Waals surface area contributed by atoms with E-state index in [4.69, 9.17) is 34.8 Å². The van der Waals surface area contributed by atoms with Crippen LogP contribution in [0.1, 0.15) is 16.7 Å². The summed E-state index contributed by atoms with van der Waals surface area (Å²) in [5.74, 6) is 0. The van der Waals surface area contributed by atoms with Crippen LogP contribution in [0.25, 0.3) is 10.9 Å². The summed E-state index contributed by atoms with van der Waals surface area (Å²) in [6, 6.07) is 22.1. The Bertz CT molecular complexity index is 1130. The van der Waals surface area contributed by atoms with Crippen molar-refractivity contribution in [1.82, 2.24) is 9.88 Å². The maximum atomic E-state index is 6.37. The average Bonchev–Trinajstić information content (AvgIpc) is 3.06. The second kappa shape index (κ2) is 9.23. The zero-order valence-corrected chi connectivity index (χ0v) is 18.1. The number of fused-ring (bicyclic) bond motifs is 1. The molecular formula is C24H21Cl3N2. The molecule has 0 aliphatic heterocycles. The van der Waals surface area contributed by atoms with Crippen molar-refractivity contribution in [3.63, 3.8) is 0 Å². The molecule has 0 saturated heterocycles. The Morgan fingerprint density at radius 2 is 1.55 bits per heavy atom. The average molecular weight is 444 g/mol. The summed E-state index contributed by atoms with van der Waals surface area (Å²) in [4.78, 5) is 0. The van der Waals surface area contributed by atoms with Crippen LogP contribution in [-0.4, -0.2) is 11.1 Å². The van der Waals surface area contributed by atoms with E-state index in [1.807, 2.05) is 30.3 Å². The molecule has 2 nitrogen and oxygen atoms in total. The highest BCUT2D eigenvalue weighted by molar-refractivity contribution is 6.35. The molecule has 0 aliphatic rings. The highest BCUT2D eigenvalue weighted by Gasteiger charge is 2.10. The molecule has 0 atom stereocenters. The molecule has 4 aromatic rings. The zero-order chi connectivity index (χ0) is 20.2. The fourth-order valence-electron chi connectivity index (χ4n) is 3.58. The van der Waals surface area contributed by atoms with E-state index in [-0.39, 0.29) is 0 Å². The summed E-state index contributed by atoms with van der Waals surface area (Å²) in [5.41, 5.74) is 4.70. The largest absolute Gasteiger partial charge is 0.343 e. The quantitative estimate of drug-likeness (QED) is 0.305. The zero-order valence-electron chi connectivity index (χ0n) is 15.8. The third-order valence-electron chi connectivity index (χ3n) is 5.07. The molecule has 0 saturated carbocycles. The van der Waals surface area contributed by atoms with Crippen LogP contribution in [0.4, 0.5) is 0 Å². The summed E-state index contributed by atoms with van der Waals surface area (Å²) in [6.07, 6.45) is 3.07. The van der Waals surface area contributed by atoms with Crippen LogP contribution < -0.4 is 5.32 Å². The maximum absolute atomic E-state index is 6.37. The number of nitrogens with one attached hydrogen (secondary N) is 1. The lowest BCUT2D eigenvalue weighted by molar-refractivity contribution is 0.686. The number of rotatable bonds is 7. The van der Waals surface area contributed by atoms with Crippen LogP contribution >= 0.6 is 34.8 Å². The lowest BCUT2D eigenvalue weighted by Crippen LogP contribution is -2.16. The fraction of sp³-hybridized carbons (Fsp3) is 0.167. The topological polar surface area (TPSA) is 17.0 Å². The van der Waals surface area contributed by atoms with Crippen molar-refractivity contribution in [2.75, 3.05) is 6.54 Å². The lowest BCUT2D eigenvalue weighted by atomic mass is 10.1. The van der Waals surface area contributed by atoms with E-state index in [1.54, 1.807) is 6.07 Å². The van der Waals surface area contributed by atoms with E-state index < -0.39 is 0 Å². The second-order valence-corrected chi connectivity index (χ2v) is 8.30. The number of para-hydroxylation sites is 1. The number of aromatic nitrogens is 1. The van der Waals surface area contributed by atoms with Crippen LogP contribution in [0.3, 0.4) is 0 Å². The van der Waals surface area contributed by atoms with Crippen molar-refractivity contribution in [3.8, 4) is 0 Å². The lowest BCUT2D eigenvalue weighted by Gasteiger charge is -2.07. The van der Waals surface area contributed by atoms with Crippen molar-refractivity contribution in [1.29, 1.82) is 0 Å². The van der Waals surface area contributed by atoms with Gasteiger partial charge in [-0.25, -0.2) is 0 Å². The number of hydrogen-bond donors (Lipinski definition) is 1. The Balaban J connectivity index is 1.47. The van der Waals surface area contributed by atoms with Gasteiger partial charge in [0.25, 0.3) is 0 Å². The van der Waals surface area contributed by atoms with Crippen molar-refractivity contribution in [2.24, 2.45) is 0 Å². The summed E-state index contributed by atoms with van der Waals surface area (Å²) in [5, 5.41) is 6.98. The molecule has 1 aromatic heterocycles. The Hall–Kier alpha value is -1.97. The third-order valence-corrected chi connectivity index (χ3v) is 6.03. The molecule has 0 bridgehead atoms. The molecule has 0 spiro atoms. The standard InChI is InChI=1S/C24H21Cl3N2/c25-20-10-9-17(23(27)13-20)11-12-28-14-19-16-29(24-8-4-2-6-21(19)24)15-18-5-1-3-7-22(18)26/h1-10,13,16,28H,11-12,14-15H2. The molecule has 5 heteroatoms. The smallest absolute Gasteiger partial charge is 0.0491 e. The van der Waals surface area contributed by atoms with Crippen LogP contribution in [0.2, 0.25) is 15.1 Å². The van der Waals surface area contributed by atoms with E-state index in [9.17, 15) is 0 Å². The van der Waals surface area contributed by atoms with Crippen molar-refractivity contribution < 1.29 is 0 Å². The SMILES string of the molecule is Clc1ccc(CCNCc2cn(Cc3ccccc3Cl)c3ccccc23)c(Cl)c1. The van der Waals surface area contributed by atoms with Gasteiger partial charge in [0.2, 0.25) is 0 Å².